The number of hydrogen-bond donors (Lipinski definition) is 0. The Labute approximate surface area is 180 Å². The maximum atomic E-state index is 5.76. The highest BCUT2D eigenvalue weighted by molar-refractivity contribution is 5.95. The van der Waals surface area contributed by atoms with E-state index in [0.29, 0.717) is 6.61 Å². The van der Waals surface area contributed by atoms with E-state index in [1.165, 1.54) is 11.4 Å². The fourth-order valence-corrected chi connectivity index (χ4v) is 3.57. The van der Waals surface area contributed by atoms with Crippen molar-refractivity contribution in [1.82, 2.24) is 9.88 Å². The molecular weight excluding hydrogens is 382 g/mol. The Morgan fingerprint density at radius 1 is 0.897 bits per heavy atom. The first-order valence-corrected chi connectivity index (χ1v) is 10.2. The molecule has 0 bridgehead atoms. The molecule has 156 valence electrons. The summed E-state index contributed by atoms with van der Waals surface area (Å²) in [6.45, 7) is 13.2. The molecule has 0 aliphatic carbocycles. The van der Waals surface area contributed by atoms with Crippen LogP contribution in [0.4, 0.5) is 11.4 Å². The van der Waals surface area contributed by atoms with Gasteiger partial charge in [0, 0.05) is 29.9 Å². The third-order valence-electron chi connectivity index (χ3n) is 5.09. The van der Waals surface area contributed by atoms with E-state index in [4.69, 9.17) is 9.72 Å². The molecule has 3 rings (SSSR count). The lowest BCUT2D eigenvalue weighted by Crippen LogP contribution is -2.33. The van der Waals surface area contributed by atoms with E-state index < -0.39 is 0 Å². The molecule has 0 unspecified atom stereocenters. The van der Waals surface area contributed by atoms with Crippen molar-refractivity contribution in [1.29, 1.82) is 0 Å². The molecule has 5 heteroatoms. The lowest BCUT2D eigenvalue weighted by molar-refractivity contribution is 0.312. The van der Waals surface area contributed by atoms with E-state index in [0.717, 1.165) is 48.5 Å². The molecule has 2 aromatic carbocycles. The van der Waals surface area contributed by atoms with Crippen LogP contribution in [0.1, 0.15) is 26.5 Å². The van der Waals surface area contributed by atoms with Gasteiger partial charge in [0.1, 0.15) is 5.75 Å². The predicted molar refractivity (Wildman–Crippen MR) is 126 cm³/mol. The van der Waals surface area contributed by atoms with E-state index in [-0.39, 0.29) is 12.4 Å². The van der Waals surface area contributed by atoms with Gasteiger partial charge in [0.25, 0.3) is 0 Å². The van der Waals surface area contributed by atoms with Gasteiger partial charge in [-0.3, -0.25) is 4.98 Å². The molecular formula is C24H32ClN3O. The van der Waals surface area contributed by atoms with Crippen LogP contribution in [0.3, 0.4) is 0 Å². The summed E-state index contributed by atoms with van der Waals surface area (Å²) in [5, 5.41) is 1.12. The fraction of sp³-hybridized carbons (Fsp3) is 0.375. The molecule has 0 aliphatic rings. The number of hydrogen-bond acceptors (Lipinski definition) is 4. The second-order valence-corrected chi connectivity index (χ2v) is 6.91. The van der Waals surface area contributed by atoms with Gasteiger partial charge in [0.15, 0.2) is 0 Å². The summed E-state index contributed by atoms with van der Waals surface area (Å²) in [7, 11) is 0. The Bertz CT molecular complexity index is 897. The van der Waals surface area contributed by atoms with Gasteiger partial charge in [-0.15, -0.1) is 12.4 Å². The van der Waals surface area contributed by atoms with Gasteiger partial charge in [0.05, 0.1) is 17.8 Å². The number of para-hydroxylation sites is 1. The summed E-state index contributed by atoms with van der Waals surface area (Å²) in [6, 6.07) is 19.0. The minimum absolute atomic E-state index is 0. The van der Waals surface area contributed by atoms with Gasteiger partial charge in [-0.05, 0) is 63.3 Å². The average molecular weight is 414 g/mol. The van der Waals surface area contributed by atoms with Crippen molar-refractivity contribution >= 4 is 34.7 Å². The van der Waals surface area contributed by atoms with Crippen LogP contribution in [-0.2, 0) is 0 Å². The van der Waals surface area contributed by atoms with E-state index in [1.54, 1.807) is 0 Å². The zero-order valence-electron chi connectivity index (χ0n) is 17.9. The van der Waals surface area contributed by atoms with E-state index in [2.05, 4.69) is 79.1 Å². The topological polar surface area (TPSA) is 28.6 Å². The first kappa shape index (κ1) is 23.0. The molecule has 0 radical (unpaired) electrons. The van der Waals surface area contributed by atoms with Crippen LogP contribution in [0.25, 0.3) is 10.9 Å². The molecule has 0 saturated heterocycles. The van der Waals surface area contributed by atoms with E-state index >= 15 is 0 Å². The Kier molecular flexibility index (Phi) is 8.74. The molecule has 1 aromatic heterocycles. The number of anilines is 2. The predicted octanol–water partition coefficient (Wildman–Crippen LogP) is 5.84. The zero-order chi connectivity index (χ0) is 19.9. The molecule has 3 aromatic rings. The van der Waals surface area contributed by atoms with Crippen molar-refractivity contribution in [3.63, 3.8) is 0 Å². The van der Waals surface area contributed by atoms with E-state index in [9.17, 15) is 0 Å². The fourth-order valence-electron chi connectivity index (χ4n) is 3.57. The maximum Gasteiger partial charge on any atom is 0.120 e. The molecule has 1 heterocycles. The van der Waals surface area contributed by atoms with Crippen LogP contribution < -0.4 is 9.64 Å². The van der Waals surface area contributed by atoms with Crippen molar-refractivity contribution in [2.45, 2.75) is 27.7 Å². The van der Waals surface area contributed by atoms with Crippen molar-refractivity contribution < 1.29 is 4.74 Å². The Balaban J connectivity index is 0.00000300. The van der Waals surface area contributed by atoms with Crippen LogP contribution in [0.2, 0.25) is 0 Å². The van der Waals surface area contributed by atoms with Gasteiger partial charge in [-0.2, -0.15) is 0 Å². The first-order valence-electron chi connectivity index (χ1n) is 10.2. The number of halogens is 1. The van der Waals surface area contributed by atoms with Crippen molar-refractivity contribution in [2.24, 2.45) is 0 Å². The van der Waals surface area contributed by atoms with Gasteiger partial charge < -0.3 is 14.5 Å². The number of pyridine rings is 1. The molecule has 0 aliphatic heterocycles. The summed E-state index contributed by atoms with van der Waals surface area (Å²) in [4.78, 5) is 9.61. The van der Waals surface area contributed by atoms with Gasteiger partial charge in [0.2, 0.25) is 0 Å². The van der Waals surface area contributed by atoms with Gasteiger partial charge in [-0.1, -0.05) is 32.0 Å². The average Bonchev–Trinajstić information content (AvgIpc) is 2.72. The quantitative estimate of drug-likeness (QED) is 0.440. The first-order chi connectivity index (χ1) is 13.7. The molecule has 4 nitrogen and oxygen atoms in total. The largest absolute Gasteiger partial charge is 0.494 e. The molecule has 0 saturated carbocycles. The Morgan fingerprint density at radius 2 is 1.62 bits per heavy atom. The van der Waals surface area contributed by atoms with E-state index in [1.807, 2.05) is 13.0 Å². The monoisotopic (exact) mass is 413 g/mol. The van der Waals surface area contributed by atoms with Crippen LogP contribution in [0.15, 0.2) is 54.6 Å². The highest BCUT2D eigenvalue weighted by Crippen LogP contribution is 2.34. The zero-order valence-corrected chi connectivity index (χ0v) is 18.7. The Hall–Kier alpha value is -2.30. The highest BCUT2D eigenvalue weighted by atomic mass is 35.5. The number of fused-ring (bicyclic) bond motifs is 1. The summed E-state index contributed by atoms with van der Waals surface area (Å²) >= 11 is 0. The minimum Gasteiger partial charge on any atom is -0.494 e. The molecule has 0 amide bonds. The number of ether oxygens (including phenoxy) is 1. The second-order valence-electron chi connectivity index (χ2n) is 6.91. The molecule has 0 N–H and O–H groups in total. The maximum absolute atomic E-state index is 5.76. The molecule has 0 fully saturated rings. The number of benzene rings is 2. The third-order valence-corrected chi connectivity index (χ3v) is 5.09. The van der Waals surface area contributed by atoms with Crippen LogP contribution >= 0.6 is 12.4 Å². The van der Waals surface area contributed by atoms with Crippen LogP contribution in [-0.4, -0.2) is 42.7 Å². The molecule has 0 spiro atoms. The van der Waals surface area contributed by atoms with Crippen molar-refractivity contribution in [3.05, 3.63) is 60.3 Å². The summed E-state index contributed by atoms with van der Waals surface area (Å²) in [5.74, 6) is 0.888. The van der Waals surface area contributed by atoms with Gasteiger partial charge >= 0.3 is 0 Å². The number of nitrogens with zero attached hydrogens (tertiary/aromatic N) is 3. The molecule has 0 atom stereocenters. The summed E-state index contributed by atoms with van der Waals surface area (Å²) < 4.78 is 5.76. The van der Waals surface area contributed by atoms with Gasteiger partial charge in [-0.25, -0.2) is 0 Å². The molecule has 29 heavy (non-hydrogen) atoms. The Morgan fingerprint density at radius 3 is 2.28 bits per heavy atom. The standard InChI is InChI=1S/C24H31N3O.ClH/c1-5-26(6-2)15-16-27(20-11-9-8-10-12-20)24-17-19(4)25-23-14-13-21(28-7-3)18-22(23)24;/h8-14,17-18H,5-7,15-16H2,1-4H3;1H. The second kappa shape index (κ2) is 11.0. The SMILES string of the molecule is CCOc1ccc2nc(C)cc(N(CCN(CC)CC)c3ccccc3)c2c1.Cl. The third kappa shape index (κ3) is 5.62. The summed E-state index contributed by atoms with van der Waals surface area (Å²) in [5.41, 5.74) is 4.41. The number of rotatable bonds is 9. The lowest BCUT2D eigenvalue weighted by Gasteiger charge is -2.29. The number of aromatic nitrogens is 1. The van der Waals surface area contributed by atoms with Crippen molar-refractivity contribution in [3.8, 4) is 5.75 Å². The van der Waals surface area contributed by atoms with Crippen molar-refractivity contribution in [2.75, 3.05) is 37.7 Å². The number of aryl methyl sites for hydroxylation is 1. The number of likely N-dealkylation sites (N-methyl/N-ethyl adjacent to an activating group) is 1. The summed E-state index contributed by atoms with van der Waals surface area (Å²) in [6.07, 6.45) is 0. The highest BCUT2D eigenvalue weighted by Gasteiger charge is 2.16. The minimum atomic E-state index is 0. The van der Waals surface area contributed by atoms with Crippen LogP contribution in [0, 0.1) is 6.92 Å². The normalized spacial score (nSPS) is 10.8. The lowest BCUT2D eigenvalue weighted by atomic mass is 10.1. The smallest absolute Gasteiger partial charge is 0.120 e. The van der Waals surface area contributed by atoms with Crippen LogP contribution in [0.5, 0.6) is 5.75 Å².